The normalized spacial score (nSPS) is 13.9. The highest BCUT2D eigenvalue weighted by Gasteiger charge is 2.20. The van der Waals surface area contributed by atoms with Crippen molar-refractivity contribution in [3.05, 3.63) is 23.9 Å². The Bertz CT molecular complexity index is 452. The van der Waals surface area contributed by atoms with Crippen LogP contribution in [0.5, 0.6) is 0 Å². The second-order valence-electron chi connectivity index (χ2n) is 4.42. The topological polar surface area (TPSA) is 73.1 Å². The molecule has 1 unspecified atom stereocenters. The van der Waals surface area contributed by atoms with Crippen LogP contribution in [0.2, 0.25) is 0 Å². The maximum atomic E-state index is 11.8. The number of sulfone groups is 1. The Morgan fingerprint density at radius 1 is 1.35 bits per heavy atom. The summed E-state index contributed by atoms with van der Waals surface area (Å²) in [6.45, 7) is 5.35. The Morgan fingerprint density at radius 3 is 2.41 bits per heavy atom. The zero-order valence-electron chi connectivity index (χ0n) is 10.6. The molecule has 1 rings (SSSR count). The van der Waals surface area contributed by atoms with Crippen LogP contribution >= 0.6 is 0 Å². The zero-order chi connectivity index (χ0) is 13.1. The van der Waals surface area contributed by atoms with E-state index in [1.165, 1.54) is 0 Å². The fourth-order valence-corrected chi connectivity index (χ4v) is 2.44. The van der Waals surface area contributed by atoms with Gasteiger partial charge < -0.3 is 5.73 Å². The van der Waals surface area contributed by atoms with Crippen molar-refractivity contribution in [1.29, 1.82) is 0 Å². The third kappa shape index (κ3) is 3.26. The number of hydrogen-bond donors (Lipinski definition) is 1. The standard InChI is InChI=1S/C12H20N2O2S/c1-4-5-11(13)10-6-7-12(14-8-10)17(15,16)9(2)3/h6-9,11H,4-5,13H2,1-3H3. The fraction of sp³-hybridized carbons (Fsp3) is 0.583. The molecule has 5 heteroatoms. The van der Waals surface area contributed by atoms with Crippen LogP contribution < -0.4 is 5.73 Å². The number of pyridine rings is 1. The molecule has 0 amide bonds. The van der Waals surface area contributed by atoms with Gasteiger partial charge in [0.2, 0.25) is 0 Å². The van der Waals surface area contributed by atoms with Crippen molar-refractivity contribution < 1.29 is 8.42 Å². The minimum absolute atomic E-state index is 0.0664. The van der Waals surface area contributed by atoms with Crippen molar-refractivity contribution in [3.63, 3.8) is 0 Å². The lowest BCUT2D eigenvalue weighted by Crippen LogP contribution is -2.16. The molecule has 0 aromatic carbocycles. The summed E-state index contributed by atoms with van der Waals surface area (Å²) in [5.41, 5.74) is 6.82. The van der Waals surface area contributed by atoms with Gasteiger partial charge in [-0.1, -0.05) is 19.4 Å². The molecule has 4 nitrogen and oxygen atoms in total. The van der Waals surface area contributed by atoms with Crippen LogP contribution in [0, 0.1) is 0 Å². The SMILES string of the molecule is CCCC(N)c1ccc(S(=O)(=O)C(C)C)nc1. The Kier molecular flexibility index (Phi) is 4.65. The summed E-state index contributed by atoms with van der Waals surface area (Å²) < 4.78 is 23.7. The van der Waals surface area contributed by atoms with Crippen molar-refractivity contribution in [2.45, 2.75) is 49.9 Å². The van der Waals surface area contributed by atoms with Crippen LogP contribution in [0.4, 0.5) is 0 Å². The Hall–Kier alpha value is -0.940. The average molecular weight is 256 g/mol. The largest absolute Gasteiger partial charge is 0.324 e. The molecule has 0 radical (unpaired) electrons. The molecule has 96 valence electrons. The molecule has 0 aliphatic heterocycles. The molecule has 1 aromatic rings. The summed E-state index contributed by atoms with van der Waals surface area (Å²) in [5, 5.41) is -0.329. The van der Waals surface area contributed by atoms with Crippen LogP contribution in [-0.2, 0) is 9.84 Å². The molecule has 2 N–H and O–H groups in total. The number of nitrogens with two attached hydrogens (primary N) is 1. The summed E-state index contributed by atoms with van der Waals surface area (Å²) in [7, 11) is -3.28. The minimum atomic E-state index is -3.28. The van der Waals surface area contributed by atoms with Crippen molar-refractivity contribution >= 4 is 9.84 Å². The Morgan fingerprint density at radius 2 is 2.00 bits per heavy atom. The summed E-state index contributed by atoms with van der Waals surface area (Å²) in [4.78, 5) is 4.01. The predicted molar refractivity (Wildman–Crippen MR) is 68.4 cm³/mol. The van der Waals surface area contributed by atoms with E-state index in [1.54, 1.807) is 32.2 Å². The highest BCUT2D eigenvalue weighted by molar-refractivity contribution is 7.91. The predicted octanol–water partition coefficient (Wildman–Crippen LogP) is 2.06. The molecule has 0 saturated carbocycles. The quantitative estimate of drug-likeness (QED) is 0.875. The number of aromatic nitrogens is 1. The van der Waals surface area contributed by atoms with Gasteiger partial charge in [0.1, 0.15) is 0 Å². The van der Waals surface area contributed by atoms with Crippen LogP contribution in [0.25, 0.3) is 0 Å². The van der Waals surface area contributed by atoms with Crippen LogP contribution in [0.3, 0.4) is 0 Å². The van der Waals surface area contributed by atoms with Gasteiger partial charge in [-0.15, -0.1) is 0 Å². The highest BCUT2D eigenvalue weighted by Crippen LogP contribution is 2.18. The molecule has 0 bridgehead atoms. The van der Waals surface area contributed by atoms with E-state index < -0.39 is 15.1 Å². The first kappa shape index (κ1) is 14.1. The smallest absolute Gasteiger partial charge is 0.197 e. The lowest BCUT2D eigenvalue weighted by Gasteiger charge is -2.11. The third-order valence-corrected chi connectivity index (χ3v) is 4.76. The highest BCUT2D eigenvalue weighted by atomic mass is 32.2. The van der Waals surface area contributed by atoms with Crippen LogP contribution in [-0.4, -0.2) is 18.7 Å². The molecule has 17 heavy (non-hydrogen) atoms. The average Bonchev–Trinajstić information content (AvgIpc) is 2.29. The van der Waals surface area contributed by atoms with E-state index in [4.69, 9.17) is 5.73 Å². The molecule has 1 atom stereocenters. The second kappa shape index (κ2) is 5.60. The minimum Gasteiger partial charge on any atom is -0.324 e. The van der Waals surface area contributed by atoms with Gasteiger partial charge >= 0.3 is 0 Å². The monoisotopic (exact) mass is 256 g/mol. The first-order chi connectivity index (χ1) is 7.89. The van der Waals surface area contributed by atoms with Crippen molar-refractivity contribution in [3.8, 4) is 0 Å². The van der Waals surface area contributed by atoms with Gasteiger partial charge in [0.05, 0.1) is 5.25 Å². The van der Waals surface area contributed by atoms with E-state index in [0.29, 0.717) is 0 Å². The number of rotatable bonds is 5. The lowest BCUT2D eigenvalue weighted by molar-refractivity contribution is 0.582. The van der Waals surface area contributed by atoms with Gasteiger partial charge in [-0.25, -0.2) is 13.4 Å². The number of nitrogens with zero attached hydrogens (tertiary/aromatic N) is 1. The van der Waals surface area contributed by atoms with E-state index in [9.17, 15) is 8.42 Å². The maximum absolute atomic E-state index is 11.8. The Labute approximate surface area is 103 Å². The molecule has 1 heterocycles. The van der Waals surface area contributed by atoms with Gasteiger partial charge in [0, 0.05) is 12.2 Å². The van der Waals surface area contributed by atoms with Gasteiger partial charge in [0.25, 0.3) is 0 Å². The van der Waals surface area contributed by atoms with Crippen molar-refractivity contribution in [1.82, 2.24) is 4.98 Å². The van der Waals surface area contributed by atoms with Crippen LogP contribution in [0.1, 0.15) is 45.2 Å². The van der Waals surface area contributed by atoms with Crippen molar-refractivity contribution in [2.24, 2.45) is 5.73 Å². The first-order valence-corrected chi connectivity index (χ1v) is 7.39. The molecule has 0 aliphatic carbocycles. The van der Waals surface area contributed by atoms with Gasteiger partial charge in [-0.3, -0.25) is 0 Å². The Balaban J connectivity index is 2.96. The molecule has 0 saturated heterocycles. The molecular formula is C12H20N2O2S. The van der Waals surface area contributed by atoms with Crippen LogP contribution in [0.15, 0.2) is 23.4 Å². The molecule has 1 aromatic heterocycles. The van der Waals surface area contributed by atoms with E-state index >= 15 is 0 Å². The van der Waals surface area contributed by atoms with E-state index in [1.807, 2.05) is 0 Å². The summed E-state index contributed by atoms with van der Waals surface area (Å²) in [6, 6.07) is 3.23. The van der Waals surface area contributed by atoms with E-state index in [0.717, 1.165) is 18.4 Å². The molecular weight excluding hydrogens is 236 g/mol. The van der Waals surface area contributed by atoms with E-state index in [2.05, 4.69) is 11.9 Å². The molecule has 0 aliphatic rings. The van der Waals surface area contributed by atoms with Crippen molar-refractivity contribution in [2.75, 3.05) is 0 Å². The van der Waals surface area contributed by atoms with Gasteiger partial charge in [-0.2, -0.15) is 0 Å². The van der Waals surface area contributed by atoms with Gasteiger partial charge in [-0.05, 0) is 31.9 Å². The van der Waals surface area contributed by atoms with Gasteiger partial charge in [0.15, 0.2) is 14.9 Å². The third-order valence-electron chi connectivity index (χ3n) is 2.70. The molecule has 0 fully saturated rings. The maximum Gasteiger partial charge on any atom is 0.197 e. The van der Waals surface area contributed by atoms with E-state index in [-0.39, 0.29) is 11.1 Å². The second-order valence-corrected chi connectivity index (χ2v) is 6.87. The summed E-state index contributed by atoms with van der Waals surface area (Å²) >= 11 is 0. The summed E-state index contributed by atoms with van der Waals surface area (Å²) in [6.07, 6.45) is 3.43. The molecule has 0 spiro atoms. The lowest BCUT2D eigenvalue weighted by atomic mass is 10.1. The number of hydrogen-bond acceptors (Lipinski definition) is 4. The zero-order valence-corrected chi connectivity index (χ0v) is 11.4. The summed E-state index contributed by atoms with van der Waals surface area (Å²) in [5.74, 6) is 0. The fourth-order valence-electron chi connectivity index (χ4n) is 1.50. The first-order valence-electron chi connectivity index (χ1n) is 5.85.